The van der Waals surface area contributed by atoms with Crippen LogP contribution in [0.4, 0.5) is 14.9 Å². The van der Waals surface area contributed by atoms with Crippen LogP contribution in [0.1, 0.15) is 11.1 Å². The maximum Gasteiger partial charge on any atom is 0.321 e. The van der Waals surface area contributed by atoms with Crippen molar-refractivity contribution in [1.82, 2.24) is 10.0 Å². The van der Waals surface area contributed by atoms with Gasteiger partial charge in [0.25, 0.3) is 0 Å². The molecule has 2 aromatic rings. The number of fused-ring (bicyclic) bond motifs is 1. The van der Waals surface area contributed by atoms with Crippen LogP contribution >= 0.6 is 0 Å². The molecule has 0 bridgehead atoms. The van der Waals surface area contributed by atoms with E-state index < -0.39 is 10.0 Å². The smallest absolute Gasteiger partial charge is 0.321 e. The molecule has 1 aliphatic heterocycles. The van der Waals surface area contributed by atoms with Crippen molar-refractivity contribution >= 4 is 21.7 Å². The first-order valence-corrected chi connectivity index (χ1v) is 9.25. The highest BCUT2D eigenvalue weighted by molar-refractivity contribution is 7.89. The van der Waals surface area contributed by atoms with Crippen molar-refractivity contribution < 1.29 is 17.6 Å². The molecule has 0 aliphatic carbocycles. The molecule has 2 aromatic carbocycles. The number of carbonyl (C=O) groups excluding carboxylic acids is 1. The van der Waals surface area contributed by atoms with Gasteiger partial charge in [-0.05, 0) is 47.9 Å². The van der Waals surface area contributed by atoms with E-state index in [1.807, 2.05) is 0 Å². The highest BCUT2D eigenvalue weighted by Crippen LogP contribution is 2.30. The summed E-state index contributed by atoms with van der Waals surface area (Å²) in [4.78, 5) is 13.5. The fourth-order valence-corrected chi connectivity index (χ4v) is 3.82. The van der Waals surface area contributed by atoms with Crippen molar-refractivity contribution in [2.45, 2.75) is 17.9 Å². The zero-order chi connectivity index (χ0) is 18.0. The minimum atomic E-state index is -3.70. The van der Waals surface area contributed by atoms with Crippen LogP contribution < -0.4 is 14.9 Å². The van der Waals surface area contributed by atoms with E-state index in [0.717, 1.165) is 11.3 Å². The molecular formula is C17H18FN3O3S. The standard InChI is InChI=1S/C17H18FN3O3S/c1-19-17(22)21-9-8-13-10-15(6-7-16(13)21)25(23,24)20-11-12-2-4-14(18)5-3-12/h2-7,10,20H,8-9,11H2,1H3,(H,19,22). The number of nitrogens with one attached hydrogen (secondary N) is 2. The number of benzene rings is 2. The van der Waals surface area contributed by atoms with Crippen LogP contribution in [-0.4, -0.2) is 28.0 Å². The molecular weight excluding hydrogens is 345 g/mol. The van der Waals surface area contributed by atoms with Gasteiger partial charge in [0.2, 0.25) is 10.0 Å². The molecule has 2 N–H and O–H groups in total. The topological polar surface area (TPSA) is 78.5 Å². The van der Waals surface area contributed by atoms with Crippen molar-refractivity contribution in [3.63, 3.8) is 0 Å². The van der Waals surface area contributed by atoms with Gasteiger partial charge in [-0.2, -0.15) is 0 Å². The van der Waals surface area contributed by atoms with Gasteiger partial charge in [0.15, 0.2) is 0 Å². The number of hydrogen-bond acceptors (Lipinski definition) is 3. The Kier molecular flexibility index (Phi) is 4.73. The van der Waals surface area contributed by atoms with Gasteiger partial charge in [-0.1, -0.05) is 12.1 Å². The molecule has 1 aliphatic rings. The summed E-state index contributed by atoms with van der Waals surface area (Å²) in [6.07, 6.45) is 0.601. The lowest BCUT2D eigenvalue weighted by molar-refractivity contribution is 0.248. The molecule has 3 rings (SSSR count). The van der Waals surface area contributed by atoms with E-state index in [4.69, 9.17) is 0 Å². The monoisotopic (exact) mass is 363 g/mol. The van der Waals surface area contributed by atoms with Crippen molar-refractivity contribution in [2.75, 3.05) is 18.5 Å². The predicted octanol–water partition coefficient (Wildman–Crippen LogP) is 2.01. The molecule has 25 heavy (non-hydrogen) atoms. The number of anilines is 1. The summed E-state index contributed by atoms with van der Waals surface area (Å²) >= 11 is 0. The second-order valence-corrected chi connectivity index (χ2v) is 7.47. The Morgan fingerprint density at radius 3 is 2.60 bits per heavy atom. The molecule has 132 valence electrons. The van der Waals surface area contributed by atoms with Gasteiger partial charge in [-0.3, -0.25) is 4.90 Å². The molecule has 0 saturated carbocycles. The van der Waals surface area contributed by atoms with Gasteiger partial charge in [0.1, 0.15) is 5.82 Å². The molecule has 0 radical (unpaired) electrons. The van der Waals surface area contributed by atoms with E-state index in [9.17, 15) is 17.6 Å². The number of rotatable bonds is 4. The zero-order valence-electron chi connectivity index (χ0n) is 13.6. The maximum atomic E-state index is 12.9. The number of urea groups is 1. The molecule has 0 unspecified atom stereocenters. The van der Waals surface area contributed by atoms with Gasteiger partial charge in [-0.25, -0.2) is 22.3 Å². The van der Waals surface area contributed by atoms with E-state index in [-0.39, 0.29) is 23.3 Å². The molecule has 1 heterocycles. The molecule has 0 spiro atoms. The minimum absolute atomic E-state index is 0.0735. The van der Waals surface area contributed by atoms with Gasteiger partial charge in [0, 0.05) is 25.8 Å². The highest BCUT2D eigenvalue weighted by atomic mass is 32.2. The van der Waals surface area contributed by atoms with Crippen LogP contribution in [0.25, 0.3) is 0 Å². The lowest BCUT2D eigenvalue weighted by atomic mass is 10.2. The van der Waals surface area contributed by atoms with E-state index in [1.165, 1.54) is 30.3 Å². The van der Waals surface area contributed by atoms with Crippen LogP contribution in [0, 0.1) is 5.82 Å². The molecule has 8 heteroatoms. The predicted molar refractivity (Wildman–Crippen MR) is 92.4 cm³/mol. The lowest BCUT2D eigenvalue weighted by Crippen LogP contribution is -2.36. The third-order valence-electron chi connectivity index (χ3n) is 4.10. The van der Waals surface area contributed by atoms with E-state index in [2.05, 4.69) is 10.0 Å². The van der Waals surface area contributed by atoms with Crippen molar-refractivity contribution in [3.05, 3.63) is 59.4 Å². The highest BCUT2D eigenvalue weighted by Gasteiger charge is 2.26. The van der Waals surface area contributed by atoms with Crippen LogP contribution in [0.15, 0.2) is 47.4 Å². The second-order valence-electron chi connectivity index (χ2n) is 5.70. The van der Waals surface area contributed by atoms with E-state index >= 15 is 0 Å². The Labute approximate surface area is 145 Å². The summed E-state index contributed by atoms with van der Waals surface area (Å²) < 4.78 is 40.3. The van der Waals surface area contributed by atoms with Crippen LogP contribution in [-0.2, 0) is 23.0 Å². The first-order chi connectivity index (χ1) is 11.9. The average Bonchev–Trinajstić information content (AvgIpc) is 3.04. The molecule has 0 aromatic heterocycles. The normalized spacial score (nSPS) is 13.6. The van der Waals surface area contributed by atoms with Crippen LogP contribution in [0.5, 0.6) is 0 Å². The third kappa shape index (κ3) is 3.64. The number of carbonyl (C=O) groups is 1. The number of amides is 2. The summed E-state index contributed by atoms with van der Waals surface area (Å²) in [6, 6.07) is 10.1. The fraction of sp³-hybridized carbons (Fsp3) is 0.235. The Hall–Kier alpha value is -2.45. The van der Waals surface area contributed by atoms with E-state index in [1.54, 1.807) is 24.1 Å². The Balaban J connectivity index is 1.77. The number of halogens is 1. The minimum Gasteiger partial charge on any atom is -0.341 e. The quantitative estimate of drug-likeness (QED) is 0.872. The Morgan fingerprint density at radius 1 is 1.20 bits per heavy atom. The molecule has 2 amide bonds. The zero-order valence-corrected chi connectivity index (χ0v) is 14.4. The molecule has 0 fully saturated rings. The first-order valence-electron chi connectivity index (χ1n) is 7.77. The number of hydrogen-bond donors (Lipinski definition) is 2. The van der Waals surface area contributed by atoms with Gasteiger partial charge in [0.05, 0.1) is 4.90 Å². The SMILES string of the molecule is CNC(=O)N1CCc2cc(S(=O)(=O)NCc3ccc(F)cc3)ccc21. The Morgan fingerprint density at radius 2 is 1.92 bits per heavy atom. The summed E-state index contributed by atoms with van der Waals surface area (Å²) in [6.45, 7) is 0.589. The van der Waals surface area contributed by atoms with Gasteiger partial charge < -0.3 is 5.32 Å². The van der Waals surface area contributed by atoms with Crippen molar-refractivity contribution in [3.8, 4) is 0 Å². The lowest BCUT2D eigenvalue weighted by Gasteiger charge is -2.16. The summed E-state index contributed by atoms with van der Waals surface area (Å²) in [5.41, 5.74) is 2.20. The van der Waals surface area contributed by atoms with Crippen LogP contribution in [0.2, 0.25) is 0 Å². The fourth-order valence-electron chi connectivity index (χ4n) is 2.76. The van der Waals surface area contributed by atoms with Gasteiger partial charge >= 0.3 is 6.03 Å². The number of sulfonamides is 1. The van der Waals surface area contributed by atoms with Crippen molar-refractivity contribution in [1.29, 1.82) is 0 Å². The first kappa shape index (κ1) is 17.4. The average molecular weight is 363 g/mol. The molecule has 0 atom stereocenters. The van der Waals surface area contributed by atoms with Crippen molar-refractivity contribution in [2.24, 2.45) is 0 Å². The maximum absolute atomic E-state index is 12.9. The Bertz CT molecular complexity index is 898. The van der Waals surface area contributed by atoms with Crippen LogP contribution in [0.3, 0.4) is 0 Å². The van der Waals surface area contributed by atoms with Gasteiger partial charge in [-0.15, -0.1) is 0 Å². The molecule has 6 nitrogen and oxygen atoms in total. The molecule has 0 saturated heterocycles. The summed E-state index contributed by atoms with van der Waals surface area (Å²) in [5, 5.41) is 2.56. The summed E-state index contributed by atoms with van der Waals surface area (Å²) in [7, 11) is -2.14. The second kappa shape index (κ2) is 6.81. The number of nitrogens with zero attached hydrogens (tertiary/aromatic N) is 1. The van der Waals surface area contributed by atoms with E-state index in [0.29, 0.717) is 18.5 Å². The third-order valence-corrected chi connectivity index (χ3v) is 5.49. The largest absolute Gasteiger partial charge is 0.341 e. The summed E-state index contributed by atoms with van der Waals surface area (Å²) in [5.74, 6) is -0.370.